The van der Waals surface area contributed by atoms with Gasteiger partial charge < -0.3 is 15.2 Å². The second-order valence-corrected chi connectivity index (χ2v) is 6.77. The third-order valence-corrected chi connectivity index (χ3v) is 4.74. The molecule has 0 unspecified atom stereocenters. The van der Waals surface area contributed by atoms with Gasteiger partial charge in [-0.1, -0.05) is 29.5 Å². The number of nitrogen functional groups attached to an aromatic ring is 1. The van der Waals surface area contributed by atoms with Crippen LogP contribution in [0.25, 0.3) is 17.1 Å². The molecule has 0 saturated carbocycles. The minimum absolute atomic E-state index is 0.00662. The van der Waals surface area contributed by atoms with Crippen molar-refractivity contribution in [1.29, 1.82) is 0 Å². The normalized spacial score (nSPS) is 11.3. The minimum atomic E-state index is -0.587. The van der Waals surface area contributed by atoms with Crippen molar-refractivity contribution in [2.75, 3.05) is 20.0 Å². The SMILES string of the molecule is COc1cccc(/C(C)=N/NC(=O)c2nnn(-c3nonc3N)c2-c2cccc(OC)c2)c1. The van der Waals surface area contributed by atoms with Crippen molar-refractivity contribution in [3.05, 3.63) is 59.8 Å². The largest absolute Gasteiger partial charge is 0.497 e. The lowest BCUT2D eigenvalue weighted by Crippen LogP contribution is -2.21. The molecule has 0 atom stereocenters. The van der Waals surface area contributed by atoms with Crippen LogP contribution in [-0.4, -0.2) is 51.1 Å². The van der Waals surface area contributed by atoms with Crippen molar-refractivity contribution in [3.8, 4) is 28.6 Å². The van der Waals surface area contributed by atoms with Crippen molar-refractivity contribution in [1.82, 2.24) is 30.7 Å². The predicted octanol–water partition coefficient (Wildman–Crippen LogP) is 2.07. The van der Waals surface area contributed by atoms with Gasteiger partial charge in [-0.15, -0.1) is 5.10 Å². The summed E-state index contributed by atoms with van der Waals surface area (Å²) < 4.78 is 16.5. The van der Waals surface area contributed by atoms with Crippen LogP contribution in [0.4, 0.5) is 5.82 Å². The Hall–Kier alpha value is -4.74. The van der Waals surface area contributed by atoms with Crippen LogP contribution in [0.15, 0.2) is 58.3 Å². The summed E-state index contributed by atoms with van der Waals surface area (Å²) in [6.45, 7) is 1.76. The number of nitrogens with one attached hydrogen (secondary N) is 1. The number of methoxy groups -OCH3 is 2. The van der Waals surface area contributed by atoms with Crippen LogP contribution in [0.1, 0.15) is 23.0 Å². The summed E-state index contributed by atoms with van der Waals surface area (Å²) >= 11 is 0. The van der Waals surface area contributed by atoms with Gasteiger partial charge in [0.25, 0.3) is 5.91 Å². The standard InChI is InChI=1S/C21H20N8O4/c1-12(13-6-4-8-15(10-13)31-2)23-25-21(30)17-18(14-7-5-9-16(11-14)32-3)29(28-24-17)20-19(22)26-33-27-20/h4-11H,1-3H3,(H2,22,26)(H,25,30)/b23-12+. The fraction of sp³-hybridized carbons (Fsp3) is 0.143. The molecule has 12 heteroatoms. The fourth-order valence-electron chi connectivity index (χ4n) is 3.05. The highest BCUT2D eigenvalue weighted by molar-refractivity contribution is 6.02. The van der Waals surface area contributed by atoms with Crippen LogP contribution in [0.3, 0.4) is 0 Å². The Morgan fingerprint density at radius 2 is 1.82 bits per heavy atom. The average Bonchev–Trinajstić information content (AvgIpc) is 3.48. The molecule has 33 heavy (non-hydrogen) atoms. The zero-order valence-corrected chi connectivity index (χ0v) is 18.0. The van der Waals surface area contributed by atoms with Gasteiger partial charge in [0.2, 0.25) is 11.6 Å². The Kier molecular flexibility index (Phi) is 5.98. The third kappa shape index (κ3) is 4.35. The molecule has 0 aliphatic heterocycles. The van der Waals surface area contributed by atoms with E-state index in [1.807, 2.05) is 24.3 Å². The number of aromatic nitrogens is 5. The van der Waals surface area contributed by atoms with Gasteiger partial charge >= 0.3 is 0 Å². The maximum Gasteiger partial charge on any atom is 0.294 e. The summed E-state index contributed by atoms with van der Waals surface area (Å²) in [6, 6.07) is 14.3. The van der Waals surface area contributed by atoms with Gasteiger partial charge in [0.1, 0.15) is 17.2 Å². The molecule has 168 valence electrons. The van der Waals surface area contributed by atoms with Gasteiger partial charge in [-0.05, 0) is 41.5 Å². The zero-order valence-electron chi connectivity index (χ0n) is 18.0. The molecule has 0 aliphatic carbocycles. The van der Waals surface area contributed by atoms with Crippen LogP contribution in [0.5, 0.6) is 11.5 Å². The van der Waals surface area contributed by atoms with E-state index in [-0.39, 0.29) is 17.3 Å². The number of nitrogens with zero attached hydrogens (tertiary/aromatic N) is 6. The summed E-state index contributed by atoms with van der Waals surface area (Å²) in [6.07, 6.45) is 0. The van der Waals surface area contributed by atoms with E-state index in [2.05, 4.69) is 35.8 Å². The number of hydrogen-bond donors (Lipinski definition) is 2. The molecular weight excluding hydrogens is 428 g/mol. The maximum absolute atomic E-state index is 13.0. The molecule has 1 amide bonds. The number of carbonyl (C=O) groups is 1. The van der Waals surface area contributed by atoms with Gasteiger partial charge in [-0.25, -0.2) is 10.1 Å². The molecule has 0 fully saturated rings. The lowest BCUT2D eigenvalue weighted by molar-refractivity contribution is 0.0950. The number of hydrazone groups is 1. The van der Waals surface area contributed by atoms with E-state index in [1.165, 1.54) is 11.8 Å². The molecule has 2 aromatic heterocycles. The van der Waals surface area contributed by atoms with Crippen LogP contribution in [-0.2, 0) is 0 Å². The summed E-state index contributed by atoms with van der Waals surface area (Å²) in [5.41, 5.74) is 10.6. The predicted molar refractivity (Wildman–Crippen MR) is 118 cm³/mol. The lowest BCUT2D eigenvalue weighted by atomic mass is 10.1. The van der Waals surface area contributed by atoms with Crippen LogP contribution in [0.2, 0.25) is 0 Å². The van der Waals surface area contributed by atoms with Crippen molar-refractivity contribution in [2.45, 2.75) is 6.92 Å². The molecule has 0 saturated heterocycles. The highest BCUT2D eigenvalue weighted by Gasteiger charge is 2.25. The summed E-state index contributed by atoms with van der Waals surface area (Å²) in [5.74, 6) is 0.745. The summed E-state index contributed by atoms with van der Waals surface area (Å²) in [4.78, 5) is 13.0. The molecular formula is C21H20N8O4. The molecule has 4 aromatic rings. The van der Waals surface area contributed by atoms with E-state index in [9.17, 15) is 4.79 Å². The van der Waals surface area contributed by atoms with Crippen molar-refractivity contribution in [2.24, 2.45) is 5.10 Å². The van der Waals surface area contributed by atoms with Crippen LogP contribution in [0, 0.1) is 0 Å². The van der Waals surface area contributed by atoms with E-state index in [0.29, 0.717) is 28.5 Å². The molecule has 2 aromatic carbocycles. The first kappa shape index (κ1) is 21.5. The smallest absolute Gasteiger partial charge is 0.294 e. The number of ether oxygens (including phenoxy) is 2. The Labute approximate surface area is 188 Å². The molecule has 2 heterocycles. The monoisotopic (exact) mass is 448 g/mol. The summed E-state index contributed by atoms with van der Waals surface area (Å²) in [7, 11) is 3.12. The number of amides is 1. The molecule has 0 aliphatic rings. The third-order valence-electron chi connectivity index (χ3n) is 4.74. The fourth-order valence-corrected chi connectivity index (χ4v) is 3.05. The second-order valence-electron chi connectivity index (χ2n) is 6.77. The number of rotatable bonds is 7. The molecule has 3 N–H and O–H groups in total. The first-order valence-electron chi connectivity index (χ1n) is 9.69. The first-order chi connectivity index (χ1) is 16.0. The minimum Gasteiger partial charge on any atom is -0.497 e. The van der Waals surface area contributed by atoms with Crippen LogP contribution < -0.4 is 20.6 Å². The number of nitrogens with two attached hydrogens (primary N) is 1. The second kappa shape index (κ2) is 9.18. The molecule has 4 rings (SSSR count). The van der Waals surface area contributed by atoms with Gasteiger partial charge in [-0.2, -0.15) is 9.78 Å². The van der Waals surface area contributed by atoms with Gasteiger partial charge in [0.15, 0.2) is 5.69 Å². The number of hydrogen-bond acceptors (Lipinski definition) is 10. The van der Waals surface area contributed by atoms with Crippen LogP contribution >= 0.6 is 0 Å². The Morgan fingerprint density at radius 1 is 1.09 bits per heavy atom. The lowest BCUT2D eigenvalue weighted by Gasteiger charge is -2.08. The van der Waals surface area contributed by atoms with Crippen molar-refractivity contribution >= 4 is 17.4 Å². The molecule has 0 radical (unpaired) electrons. The highest BCUT2D eigenvalue weighted by Crippen LogP contribution is 2.29. The zero-order chi connectivity index (χ0) is 23.4. The molecule has 0 spiro atoms. The van der Waals surface area contributed by atoms with E-state index in [1.54, 1.807) is 38.3 Å². The van der Waals surface area contributed by atoms with Gasteiger partial charge in [0, 0.05) is 11.1 Å². The van der Waals surface area contributed by atoms with E-state index in [0.717, 1.165) is 5.56 Å². The maximum atomic E-state index is 13.0. The first-order valence-corrected chi connectivity index (χ1v) is 9.69. The topological polar surface area (TPSA) is 156 Å². The number of carbonyl (C=O) groups excluding carboxylic acids is 1. The van der Waals surface area contributed by atoms with E-state index < -0.39 is 5.91 Å². The Balaban J connectivity index is 1.72. The number of anilines is 1. The molecule has 0 bridgehead atoms. The van der Waals surface area contributed by atoms with Crippen molar-refractivity contribution < 1.29 is 18.9 Å². The summed E-state index contributed by atoms with van der Waals surface area (Å²) in [5, 5.41) is 19.6. The number of benzene rings is 2. The van der Waals surface area contributed by atoms with Crippen molar-refractivity contribution in [3.63, 3.8) is 0 Å². The highest BCUT2D eigenvalue weighted by atomic mass is 16.6. The van der Waals surface area contributed by atoms with Gasteiger partial charge in [0.05, 0.1) is 19.9 Å². The quantitative estimate of drug-likeness (QED) is 0.319. The van der Waals surface area contributed by atoms with E-state index in [4.69, 9.17) is 15.2 Å². The Bertz CT molecular complexity index is 1330. The Morgan fingerprint density at radius 3 is 2.52 bits per heavy atom. The average molecular weight is 448 g/mol. The molecule has 12 nitrogen and oxygen atoms in total. The van der Waals surface area contributed by atoms with E-state index >= 15 is 0 Å². The van der Waals surface area contributed by atoms with Gasteiger partial charge in [-0.3, -0.25) is 4.79 Å².